The third-order valence-corrected chi connectivity index (χ3v) is 3.71. The molecule has 0 fully saturated rings. The van der Waals surface area contributed by atoms with E-state index in [0.29, 0.717) is 11.1 Å². The summed E-state index contributed by atoms with van der Waals surface area (Å²) in [7, 11) is 0. The summed E-state index contributed by atoms with van der Waals surface area (Å²) in [4.78, 5) is 7.47. The van der Waals surface area contributed by atoms with Crippen molar-refractivity contribution in [1.82, 2.24) is 4.98 Å². The molecular weight excluding hydrogens is 306 g/mol. The van der Waals surface area contributed by atoms with Crippen LogP contribution in [0, 0.1) is 38.5 Å². The maximum atomic E-state index is 9.32. The lowest BCUT2D eigenvalue weighted by Gasteiger charge is -2.11. The topological polar surface area (TPSA) is 41.0 Å². The molecule has 0 aliphatic rings. The zero-order chi connectivity index (χ0) is 25.5. The van der Waals surface area contributed by atoms with E-state index in [-0.39, 0.29) is 39.2 Å². The monoisotopic (exact) mass is 332 g/mol. The highest BCUT2D eigenvalue weighted by Gasteiger charge is 2.09. The van der Waals surface area contributed by atoms with Gasteiger partial charge in [-0.1, -0.05) is 12.1 Å². The second-order valence-electron chi connectivity index (χ2n) is 5.37. The third kappa shape index (κ3) is 3.27. The van der Waals surface area contributed by atoms with Crippen LogP contribution in [0.1, 0.15) is 34.6 Å². The second kappa shape index (κ2) is 6.59. The molecule has 120 valence electrons. The van der Waals surface area contributed by atoms with Gasteiger partial charge in [-0.3, -0.25) is 4.98 Å². The molecule has 0 amide bonds. The van der Waals surface area contributed by atoms with E-state index in [1.54, 1.807) is 0 Å². The normalized spacial score (nSPS) is 17.0. The first-order valence-electron chi connectivity index (χ1n) is 11.7. The zero-order valence-electron chi connectivity index (χ0n) is 22.0. The Morgan fingerprint density at radius 1 is 1.00 bits per heavy atom. The van der Waals surface area contributed by atoms with E-state index in [4.69, 9.17) is 18.9 Å². The SMILES string of the molecule is [2H]C([2H])([2H])c1ccc(-c2cc(C([2H])([2H])[2H])c(C([2H])([2H])[2H])cn2)cc1-c1cc(C#N)cc([N+]#[C-])c1. The van der Waals surface area contributed by atoms with Crippen molar-refractivity contribution < 1.29 is 12.3 Å². The Morgan fingerprint density at radius 2 is 1.84 bits per heavy atom. The van der Waals surface area contributed by atoms with Crippen molar-refractivity contribution >= 4 is 5.69 Å². The molecule has 0 aliphatic carbocycles. The fraction of sp³-hybridized carbons (Fsp3) is 0.136. The van der Waals surface area contributed by atoms with E-state index in [1.807, 2.05) is 6.07 Å². The number of benzene rings is 2. The van der Waals surface area contributed by atoms with Gasteiger partial charge in [-0.25, -0.2) is 4.85 Å². The summed E-state index contributed by atoms with van der Waals surface area (Å²) >= 11 is 0. The van der Waals surface area contributed by atoms with Gasteiger partial charge in [-0.2, -0.15) is 5.26 Å². The van der Waals surface area contributed by atoms with Crippen LogP contribution in [0.3, 0.4) is 0 Å². The van der Waals surface area contributed by atoms with Gasteiger partial charge in [-0.15, -0.1) is 0 Å². The van der Waals surface area contributed by atoms with Crippen LogP contribution in [0.2, 0.25) is 0 Å². The van der Waals surface area contributed by atoms with Crippen LogP contribution >= 0.6 is 0 Å². The maximum Gasteiger partial charge on any atom is 0.189 e. The summed E-state index contributed by atoms with van der Waals surface area (Å²) in [5, 5.41) is 9.32. The summed E-state index contributed by atoms with van der Waals surface area (Å²) in [6, 6.07) is 11.7. The number of nitriles is 1. The van der Waals surface area contributed by atoms with Gasteiger partial charge < -0.3 is 0 Å². The van der Waals surface area contributed by atoms with Crippen LogP contribution in [-0.4, -0.2) is 4.98 Å². The molecule has 1 aromatic heterocycles. The number of aryl methyl sites for hydroxylation is 3. The van der Waals surface area contributed by atoms with Crippen molar-refractivity contribution in [2.24, 2.45) is 0 Å². The number of aromatic nitrogens is 1. The lowest BCUT2D eigenvalue weighted by Crippen LogP contribution is -1.91. The fourth-order valence-corrected chi connectivity index (χ4v) is 2.45. The van der Waals surface area contributed by atoms with E-state index in [1.165, 1.54) is 42.5 Å². The van der Waals surface area contributed by atoms with Gasteiger partial charge in [-0.05, 0) is 78.7 Å². The van der Waals surface area contributed by atoms with E-state index in [2.05, 4.69) is 9.83 Å². The molecule has 0 radical (unpaired) electrons. The summed E-state index contributed by atoms with van der Waals surface area (Å²) < 4.78 is 69.8. The number of hydrogen-bond donors (Lipinski definition) is 0. The van der Waals surface area contributed by atoms with Gasteiger partial charge in [0.1, 0.15) is 0 Å². The molecule has 2 aromatic carbocycles. The second-order valence-corrected chi connectivity index (χ2v) is 5.37. The molecule has 0 N–H and O–H groups in total. The number of hydrogen-bond acceptors (Lipinski definition) is 2. The van der Waals surface area contributed by atoms with Crippen molar-refractivity contribution in [3.63, 3.8) is 0 Å². The molecule has 3 rings (SSSR count). The average molecular weight is 332 g/mol. The van der Waals surface area contributed by atoms with E-state index in [9.17, 15) is 5.26 Å². The molecule has 0 unspecified atom stereocenters. The van der Waals surface area contributed by atoms with Crippen LogP contribution in [0.25, 0.3) is 27.2 Å². The summed E-state index contributed by atoms with van der Waals surface area (Å²) in [6.07, 6.45) is 0.995. The number of rotatable bonds is 2. The standard InChI is InChI=1S/C22H17N3/c1-14-5-6-18(22-7-15(2)16(3)13-25-22)11-21(14)19-8-17(12-23)9-20(10-19)24-4/h5-11,13H,1-3H3/i1D3,2D3,3D3. The molecule has 0 bridgehead atoms. The van der Waals surface area contributed by atoms with E-state index < -0.39 is 20.6 Å². The molecule has 3 heteroatoms. The Balaban J connectivity index is 2.30. The Kier molecular flexibility index (Phi) is 2.27. The first-order valence-corrected chi connectivity index (χ1v) is 7.24. The molecule has 3 aromatic rings. The van der Waals surface area contributed by atoms with Crippen molar-refractivity contribution in [1.29, 1.82) is 5.26 Å². The zero-order valence-corrected chi connectivity index (χ0v) is 13.0. The summed E-state index contributed by atoms with van der Waals surface area (Å²) in [5.74, 6) is 0. The summed E-state index contributed by atoms with van der Waals surface area (Å²) in [5.41, 5.74) is 0.564. The van der Waals surface area contributed by atoms with Gasteiger partial charge in [0.05, 0.1) is 18.3 Å². The number of pyridine rings is 1. The minimum absolute atomic E-state index is 0.0302. The minimum Gasteiger partial charge on any atom is -0.256 e. The van der Waals surface area contributed by atoms with E-state index >= 15 is 0 Å². The molecule has 0 atom stereocenters. The molecule has 0 saturated heterocycles. The van der Waals surface area contributed by atoms with Gasteiger partial charge in [0, 0.05) is 29.7 Å². The van der Waals surface area contributed by atoms with Gasteiger partial charge >= 0.3 is 0 Å². The third-order valence-electron chi connectivity index (χ3n) is 3.71. The number of nitrogens with zero attached hydrogens (tertiary/aromatic N) is 3. The highest BCUT2D eigenvalue weighted by atomic mass is 14.7. The van der Waals surface area contributed by atoms with E-state index in [0.717, 1.165) is 6.20 Å². The first-order chi connectivity index (χ1) is 15.6. The smallest absolute Gasteiger partial charge is 0.189 e. The highest BCUT2D eigenvalue weighted by molar-refractivity contribution is 5.77. The molecule has 25 heavy (non-hydrogen) atoms. The van der Waals surface area contributed by atoms with Gasteiger partial charge in [0.25, 0.3) is 0 Å². The predicted molar refractivity (Wildman–Crippen MR) is 100 cm³/mol. The highest BCUT2D eigenvalue weighted by Crippen LogP contribution is 2.32. The molecule has 3 nitrogen and oxygen atoms in total. The largest absolute Gasteiger partial charge is 0.256 e. The quantitative estimate of drug-likeness (QED) is 0.559. The van der Waals surface area contributed by atoms with Crippen molar-refractivity contribution in [2.75, 3.05) is 0 Å². The molecule has 0 spiro atoms. The Morgan fingerprint density at radius 3 is 2.56 bits per heavy atom. The summed E-state index contributed by atoms with van der Waals surface area (Å²) in [6.45, 7) is -0.636. The van der Waals surface area contributed by atoms with Crippen LogP contribution in [0.4, 0.5) is 5.69 Å². The van der Waals surface area contributed by atoms with Crippen LogP contribution in [0.15, 0.2) is 48.7 Å². The molecule has 0 aliphatic heterocycles. The van der Waals surface area contributed by atoms with Gasteiger partial charge in [0.15, 0.2) is 5.69 Å². The Labute approximate surface area is 160 Å². The van der Waals surface area contributed by atoms with Gasteiger partial charge in [0.2, 0.25) is 0 Å². The maximum absolute atomic E-state index is 9.32. The lowest BCUT2D eigenvalue weighted by atomic mass is 9.95. The Hall–Kier alpha value is -3.43. The van der Waals surface area contributed by atoms with Crippen LogP contribution in [-0.2, 0) is 0 Å². The lowest BCUT2D eigenvalue weighted by molar-refractivity contribution is 1.22. The first kappa shape index (κ1) is 8.60. The Bertz CT molecular complexity index is 1310. The van der Waals surface area contributed by atoms with Crippen LogP contribution < -0.4 is 0 Å². The fourth-order valence-electron chi connectivity index (χ4n) is 2.45. The predicted octanol–water partition coefficient (Wildman–Crippen LogP) is 5.76. The molecule has 0 saturated carbocycles. The molecule has 1 heterocycles. The van der Waals surface area contributed by atoms with Crippen molar-refractivity contribution in [3.05, 3.63) is 82.3 Å². The molecular formula is C22H17N3. The minimum atomic E-state index is -2.71. The van der Waals surface area contributed by atoms with Crippen molar-refractivity contribution in [3.8, 4) is 28.5 Å². The average Bonchev–Trinajstić information content (AvgIpc) is 2.76. The van der Waals surface area contributed by atoms with Crippen molar-refractivity contribution in [2.45, 2.75) is 20.6 Å². The van der Waals surface area contributed by atoms with Crippen LogP contribution in [0.5, 0.6) is 0 Å².